The van der Waals surface area contributed by atoms with Crippen LogP contribution in [0.1, 0.15) is 34.1 Å². The first-order chi connectivity index (χ1) is 7.97. The summed E-state index contributed by atoms with van der Waals surface area (Å²) in [6, 6.07) is 0.0449. The zero-order valence-electron chi connectivity index (χ0n) is 12.0. The van der Waals surface area contributed by atoms with Crippen LogP contribution in [0, 0.1) is 11.8 Å². The summed E-state index contributed by atoms with van der Waals surface area (Å²) >= 11 is 0. The summed E-state index contributed by atoms with van der Waals surface area (Å²) in [5.41, 5.74) is 0. The molecule has 17 heavy (non-hydrogen) atoms. The maximum Gasteiger partial charge on any atom is 0.317 e. The van der Waals surface area contributed by atoms with Gasteiger partial charge in [0.15, 0.2) is 0 Å². The molecular weight excluding hydrogens is 216 g/mol. The van der Waals surface area contributed by atoms with E-state index in [1.165, 1.54) is 0 Å². The van der Waals surface area contributed by atoms with Crippen molar-refractivity contribution in [2.75, 3.05) is 33.4 Å². The van der Waals surface area contributed by atoms with Crippen molar-refractivity contribution in [1.82, 2.24) is 10.2 Å². The number of amides is 2. The molecule has 0 heterocycles. The number of carbonyl (C=O) groups excluding carboxylic acids is 1. The SMILES string of the molecule is COCCCNC(=O)N(CC(C)C)CC(C)C. The average molecular weight is 244 g/mol. The molecule has 0 aliphatic rings. The van der Waals surface area contributed by atoms with E-state index in [2.05, 4.69) is 33.0 Å². The van der Waals surface area contributed by atoms with Crippen LogP contribution in [0.15, 0.2) is 0 Å². The van der Waals surface area contributed by atoms with Crippen molar-refractivity contribution in [2.24, 2.45) is 11.8 Å². The minimum absolute atomic E-state index is 0.0449. The first-order valence-corrected chi connectivity index (χ1v) is 6.49. The Morgan fingerprint density at radius 3 is 2.12 bits per heavy atom. The van der Waals surface area contributed by atoms with Gasteiger partial charge in [-0.3, -0.25) is 0 Å². The zero-order valence-corrected chi connectivity index (χ0v) is 12.0. The van der Waals surface area contributed by atoms with Crippen molar-refractivity contribution in [3.63, 3.8) is 0 Å². The lowest BCUT2D eigenvalue weighted by molar-refractivity contribution is 0.176. The summed E-state index contributed by atoms with van der Waals surface area (Å²) in [6.07, 6.45) is 0.861. The Bertz CT molecular complexity index is 196. The van der Waals surface area contributed by atoms with Crippen molar-refractivity contribution in [3.05, 3.63) is 0 Å². The van der Waals surface area contributed by atoms with Gasteiger partial charge in [-0.15, -0.1) is 0 Å². The average Bonchev–Trinajstić information content (AvgIpc) is 2.22. The number of rotatable bonds is 8. The van der Waals surface area contributed by atoms with Crippen LogP contribution < -0.4 is 5.32 Å². The number of ether oxygens (including phenoxy) is 1. The second-order valence-corrected chi connectivity index (χ2v) is 5.27. The smallest absolute Gasteiger partial charge is 0.317 e. The molecule has 0 bridgehead atoms. The van der Waals surface area contributed by atoms with E-state index >= 15 is 0 Å². The second kappa shape index (κ2) is 9.28. The predicted molar refractivity (Wildman–Crippen MR) is 71.1 cm³/mol. The number of hydrogen-bond donors (Lipinski definition) is 1. The van der Waals surface area contributed by atoms with Crippen LogP contribution in [0.4, 0.5) is 4.79 Å². The second-order valence-electron chi connectivity index (χ2n) is 5.27. The van der Waals surface area contributed by atoms with Gasteiger partial charge in [0.2, 0.25) is 0 Å². The van der Waals surface area contributed by atoms with Gasteiger partial charge in [0.1, 0.15) is 0 Å². The van der Waals surface area contributed by atoms with E-state index in [-0.39, 0.29) is 6.03 Å². The lowest BCUT2D eigenvalue weighted by atomic mass is 10.1. The third-order valence-corrected chi connectivity index (χ3v) is 2.26. The Hall–Kier alpha value is -0.770. The quantitative estimate of drug-likeness (QED) is 0.666. The lowest BCUT2D eigenvalue weighted by Crippen LogP contribution is -2.44. The topological polar surface area (TPSA) is 41.6 Å². The normalized spacial score (nSPS) is 11.0. The maximum absolute atomic E-state index is 12.0. The van der Waals surface area contributed by atoms with Crippen molar-refractivity contribution in [1.29, 1.82) is 0 Å². The number of nitrogens with one attached hydrogen (secondary N) is 1. The van der Waals surface area contributed by atoms with Gasteiger partial charge >= 0.3 is 6.03 Å². The molecule has 0 saturated heterocycles. The van der Waals surface area contributed by atoms with Crippen LogP contribution in [0.25, 0.3) is 0 Å². The van der Waals surface area contributed by atoms with E-state index < -0.39 is 0 Å². The minimum atomic E-state index is 0.0449. The van der Waals surface area contributed by atoms with Crippen LogP contribution in [0.3, 0.4) is 0 Å². The van der Waals surface area contributed by atoms with Gasteiger partial charge in [0.05, 0.1) is 0 Å². The molecule has 0 aliphatic carbocycles. The van der Waals surface area contributed by atoms with Crippen molar-refractivity contribution in [2.45, 2.75) is 34.1 Å². The van der Waals surface area contributed by atoms with Crippen LogP contribution in [0.2, 0.25) is 0 Å². The molecule has 0 aromatic rings. The van der Waals surface area contributed by atoms with Crippen LogP contribution in [0.5, 0.6) is 0 Å². The van der Waals surface area contributed by atoms with Gasteiger partial charge in [-0.05, 0) is 18.3 Å². The fraction of sp³-hybridized carbons (Fsp3) is 0.923. The highest BCUT2D eigenvalue weighted by atomic mass is 16.5. The molecule has 102 valence electrons. The molecule has 0 unspecified atom stereocenters. The summed E-state index contributed by atoms with van der Waals surface area (Å²) in [5, 5.41) is 2.94. The number of hydrogen-bond acceptors (Lipinski definition) is 2. The molecular formula is C13H28N2O2. The largest absolute Gasteiger partial charge is 0.385 e. The molecule has 0 aromatic carbocycles. The Balaban J connectivity index is 4.03. The third-order valence-electron chi connectivity index (χ3n) is 2.26. The molecule has 0 radical (unpaired) electrons. The van der Waals surface area contributed by atoms with Gasteiger partial charge in [-0.25, -0.2) is 4.79 Å². The van der Waals surface area contributed by atoms with E-state index in [4.69, 9.17) is 4.74 Å². The Labute approximate surface area is 106 Å². The van der Waals surface area contributed by atoms with E-state index in [0.29, 0.717) is 25.0 Å². The summed E-state index contributed by atoms with van der Waals surface area (Å²) in [4.78, 5) is 13.9. The summed E-state index contributed by atoms with van der Waals surface area (Å²) in [7, 11) is 1.67. The van der Waals surface area contributed by atoms with E-state index in [0.717, 1.165) is 19.5 Å². The van der Waals surface area contributed by atoms with Crippen molar-refractivity contribution < 1.29 is 9.53 Å². The molecule has 1 N–H and O–H groups in total. The van der Waals surface area contributed by atoms with Crippen LogP contribution in [-0.2, 0) is 4.74 Å². The molecule has 4 nitrogen and oxygen atoms in total. The van der Waals surface area contributed by atoms with E-state index in [9.17, 15) is 4.79 Å². The van der Waals surface area contributed by atoms with Gasteiger partial charge in [-0.1, -0.05) is 27.7 Å². The van der Waals surface area contributed by atoms with E-state index in [1.54, 1.807) is 7.11 Å². The Morgan fingerprint density at radius 2 is 1.71 bits per heavy atom. The molecule has 4 heteroatoms. The first-order valence-electron chi connectivity index (χ1n) is 6.49. The third kappa shape index (κ3) is 8.98. The predicted octanol–water partition coefficient (Wildman–Crippen LogP) is 2.35. The Kier molecular flexibility index (Phi) is 8.86. The molecule has 0 atom stereocenters. The molecule has 0 fully saturated rings. The molecule has 0 aromatic heterocycles. The molecule has 0 rings (SSSR count). The standard InChI is InChI=1S/C13H28N2O2/c1-11(2)9-15(10-12(3)4)13(16)14-7-6-8-17-5/h11-12H,6-10H2,1-5H3,(H,14,16). The van der Waals surface area contributed by atoms with Gasteiger partial charge in [0, 0.05) is 33.4 Å². The number of urea groups is 1. The number of carbonyl (C=O) groups is 1. The zero-order chi connectivity index (χ0) is 13.3. The number of methoxy groups -OCH3 is 1. The molecule has 0 spiro atoms. The highest BCUT2D eigenvalue weighted by Gasteiger charge is 2.15. The van der Waals surface area contributed by atoms with Crippen LogP contribution >= 0.6 is 0 Å². The van der Waals surface area contributed by atoms with Crippen LogP contribution in [-0.4, -0.2) is 44.3 Å². The van der Waals surface area contributed by atoms with Crippen molar-refractivity contribution >= 4 is 6.03 Å². The maximum atomic E-state index is 12.0. The first kappa shape index (κ1) is 16.2. The van der Waals surface area contributed by atoms with Crippen molar-refractivity contribution in [3.8, 4) is 0 Å². The van der Waals surface area contributed by atoms with Gasteiger partial charge in [-0.2, -0.15) is 0 Å². The van der Waals surface area contributed by atoms with E-state index in [1.807, 2.05) is 4.90 Å². The molecule has 0 aliphatic heterocycles. The molecule has 2 amide bonds. The summed E-state index contributed by atoms with van der Waals surface area (Å²) in [5.74, 6) is 0.997. The highest BCUT2D eigenvalue weighted by molar-refractivity contribution is 5.74. The minimum Gasteiger partial charge on any atom is -0.385 e. The lowest BCUT2D eigenvalue weighted by Gasteiger charge is -2.26. The fourth-order valence-electron chi connectivity index (χ4n) is 1.65. The number of nitrogens with zero attached hydrogens (tertiary/aromatic N) is 1. The summed E-state index contributed by atoms with van der Waals surface area (Å²) in [6.45, 7) is 11.5. The van der Waals surface area contributed by atoms with Gasteiger partial charge in [0.25, 0.3) is 0 Å². The van der Waals surface area contributed by atoms with Gasteiger partial charge < -0.3 is 15.0 Å². The Morgan fingerprint density at radius 1 is 1.18 bits per heavy atom. The summed E-state index contributed by atoms with van der Waals surface area (Å²) < 4.78 is 4.95. The fourth-order valence-corrected chi connectivity index (χ4v) is 1.65. The monoisotopic (exact) mass is 244 g/mol. The molecule has 0 saturated carbocycles. The highest BCUT2D eigenvalue weighted by Crippen LogP contribution is 2.04.